The van der Waals surface area contributed by atoms with Crippen molar-refractivity contribution in [2.45, 2.75) is 32.2 Å². The van der Waals surface area contributed by atoms with Crippen molar-refractivity contribution < 1.29 is 17.2 Å². The topological polar surface area (TPSA) is 96.8 Å². The Labute approximate surface area is 160 Å². The number of aryl methyl sites for hydroxylation is 1. The summed E-state index contributed by atoms with van der Waals surface area (Å²) in [5, 5.41) is 9.26. The highest BCUT2D eigenvalue weighted by Gasteiger charge is 2.55. The molecule has 0 aromatic carbocycles. The van der Waals surface area contributed by atoms with E-state index in [1.807, 2.05) is 11.8 Å². The first-order chi connectivity index (χ1) is 12.5. The fraction of sp³-hybridized carbons (Fsp3) is 0.600. The Morgan fingerprint density at radius 3 is 2.59 bits per heavy atom. The molecule has 0 amide bonds. The van der Waals surface area contributed by atoms with E-state index in [-0.39, 0.29) is 16.6 Å². The lowest BCUT2D eigenvalue weighted by Crippen LogP contribution is -2.67. The smallest absolute Gasteiger partial charge is 0.299 e. The van der Waals surface area contributed by atoms with Crippen LogP contribution in [-0.4, -0.2) is 53.5 Å². The van der Waals surface area contributed by atoms with Crippen LogP contribution in [0.5, 0.6) is 0 Å². The third-order valence-electron chi connectivity index (χ3n) is 5.56. The van der Waals surface area contributed by atoms with Gasteiger partial charge in [0.25, 0.3) is 16.6 Å². The summed E-state index contributed by atoms with van der Waals surface area (Å²) in [6, 6.07) is 1.54. The molecule has 2 N–H and O–H groups in total. The van der Waals surface area contributed by atoms with Gasteiger partial charge >= 0.3 is 0 Å². The number of nitrogens with two attached hydrogens (primary N) is 1. The minimum Gasteiger partial charge on any atom is -0.353 e. The van der Waals surface area contributed by atoms with Gasteiger partial charge in [0, 0.05) is 31.6 Å². The number of fused-ring (bicyclic) bond motifs is 1. The predicted molar refractivity (Wildman–Crippen MR) is 96.2 cm³/mol. The summed E-state index contributed by atoms with van der Waals surface area (Å²) in [6.45, 7) is 3.05. The van der Waals surface area contributed by atoms with Gasteiger partial charge in [-0.2, -0.15) is 12.7 Å². The van der Waals surface area contributed by atoms with Crippen LogP contribution in [0.15, 0.2) is 6.07 Å². The molecule has 4 rings (SSSR count). The van der Waals surface area contributed by atoms with Gasteiger partial charge in [0.1, 0.15) is 10.7 Å². The van der Waals surface area contributed by atoms with Gasteiger partial charge in [-0.25, -0.2) is 23.4 Å². The summed E-state index contributed by atoms with van der Waals surface area (Å²) in [5.74, 6) is -0.144. The number of halogens is 3. The number of hydrogen-bond donors (Lipinski definition) is 1. The lowest BCUT2D eigenvalue weighted by molar-refractivity contribution is 0.0206. The molecule has 1 aliphatic carbocycles. The summed E-state index contributed by atoms with van der Waals surface area (Å²) >= 11 is 6.12. The molecular weight excluding hydrogens is 402 g/mol. The average molecular weight is 421 g/mol. The molecule has 148 valence electrons. The van der Waals surface area contributed by atoms with E-state index in [1.54, 1.807) is 6.07 Å². The highest BCUT2D eigenvalue weighted by molar-refractivity contribution is 7.86. The molecule has 12 heteroatoms. The SMILES string of the molecule is Cc1cc(Cl)n2nc(C(F)F)nc(N3CC4(CC(N(C)S(N)(=O)=O)C4)C3)c12. The van der Waals surface area contributed by atoms with Crippen molar-refractivity contribution in [3.05, 3.63) is 22.6 Å². The maximum atomic E-state index is 13.2. The fourth-order valence-electron chi connectivity index (χ4n) is 4.13. The van der Waals surface area contributed by atoms with Crippen molar-refractivity contribution in [3.63, 3.8) is 0 Å². The van der Waals surface area contributed by atoms with Crippen LogP contribution in [0, 0.1) is 12.3 Å². The number of anilines is 1. The number of rotatable bonds is 4. The largest absolute Gasteiger partial charge is 0.353 e. The van der Waals surface area contributed by atoms with Crippen LogP contribution >= 0.6 is 11.6 Å². The zero-order valence-electron chi connectivity index (χ0n) is 14.7. The van der Waals surface area contributed by atoms with E-state index < -0.39 is 22.5 Å². The van der Waals surface area contributed by atoms with Crippen molar-refractivity contribution in [3.8, 4) is 0 Å². The van der Waals surface area contributed by atoms with Crippen molar-refractivity contribution in [1.82, 2.24) is 18.9 Å². The third-order valence-corrected chi connectivity index (χ3v) is 6.93. The second kappa shape index (κ2) is 5.97. The molecule has 2 aromatic rings. The summed E-state index contributed by atoms with van der Waals surface area (Å²) in [6.07, 6.45) is -1.45. The molecule has 2 aromatic heterocycles. The van der Waals surface area contributed by atoms with E-state index in [4.69, 9.17) is 16.7 Å². The van der Waals surface area contributed by atoms with Crippen LogP contribution in [0.3, 0.4) is 0 Å². The van der Waals surface area contributed by atoms with Gasteiger partial charge in [0.15, 0.2) is 5.82 Å². The first-order valence-corrected chi connectivity index (χ1v) is 10.2. The Morgan fingerprint density at radius 1 is 1.41 bits per heavy atom. The molecule has 1 aliphatic heterocycles. The van der Waals surface area contributed by atoms with E-state index >= 15 is 0 Å². The van der Waals surface area contributed by atoms with Crippen LogP contribution in [-0.2, 0) is 10.2 Å². The molecule has 2 fully saturated rings. The molecule has 8 nitrogen and oxygen atoms in total. The standard InChI is InChI=1S/C15H19ClF2N6O2S/c1-8-3-10(16)24-11(8)14(20-13(21-24)12(17)18)23-6-15(7-23)4-9(5-15)22(2)27(19,25)26/h3,9,12H,4-7H2,1-2H3,(H2,19,25,26). The second-order valence-corrected chi connectivity index (χ2v) is 9.48. The summed E-state index contributed by atoms with van der Waals surface area (Å²) in [4.78, 5) is 5.99. The molecule has 3 heterocycles. The summed E-state index contributed by atoms with van der Waals surface area (Å²) in [5.41, 5.74) is 1.37. The van der Waals surface area contributed by atoms with Crippen molar-refractivity contribution in [1.29, 1.82) is 0 Å². The Hall–Kier alpha value is -1.56. The minimum atomic E-state index is -3.71. The highest BCUT2D eigenvalue weighted by atomic mass is 35.5. The van der Waals surface area contributed by atoms with Gasteiger partial charge in [-0.3, -0.25) is 0 Å². The molecule has 1 saturated carbocycles. The number of aromatic nitrogens is 3. The average Bonchev–Trinajstić information content (AvgIpc) is 2.77. The van der Waals surface area contributed by atoms with E-state index in [2.05, 4.69) is 10.1 Å². The first-order valence-electron chi connectivity index (χ1n) is 8.35. The maximum Gasteiger partial charge on any atom is 0.299 e. The highest BCUT2D eigenvalue weighted by Crippen LogP contribution is 2.52. The predicted octanol–water partition coefficient (Wildman–Crippen LogP) is 1.73. The normalized spacial score (nSPS) is 19.9. The molecule has 2 aliphatic rings. The number of nitrogens with zero attached hydrogens (tertiary/aromatic N) is 5. The fourth-order valence-corrected chi connectivity index (χ4v) is 4.98. The molecule has 1 spiro atoms. The van der Waals surface area contributed by atoms with Gasteiger partial charge in [-0.1, -0.05) is 11.6 Å². The summed E-state index contributed by atoms with van der Waals surface area (Å²) < 4.78 is 51.8. The van der Waals surface area contributed by atoms with Crippen LogP contribution in [0.2, 0.25) is 5.15 Å². The second-order valence-electron chi connectivity index (χ2n) is 7.48. The maximum absolute atomic E-state index is 13.2. The molecule has 0 bridgehead atoms. The zero-order valence-corrected chi connectivity index (χ0v) is 16.3. The van der Waals surface area contributed by atoms with E-state index in [0.29, 0.717) is 37.3 Å². The number of hydrogen-bond acceptors (Lipinski definition) is 5. The Morgan fingerprint density at radius 2 is 2.04 bits per heavy atom. The van der Waals surface area contributed by atoms with Gasteiger partial charge in [0.2, 0.25) is 5.82 Å². The van der Waals surface area contributed by atoms with Crippen LogP contribution in [0.1, 0.15) is 30.7 Å². The lowest BCUT2D eigenvalue weighted by Gasteiger charge is -2.60. The summed E-state index contributed by atoms with van der Waals surface area (Å²) in [7, 11) is -2.24. The van der Waals surface area contributed by atoms with Crippen LogP contribution < -0.4 is 10.0 Å². The van der Waals surface area contributed by atoms with E-state index in [9.17, 15) is 17.2 Å². The van der Waals surface area contributed by atoms with Crippen molar-refractivity contribution in [2.24, 2.45) is 10.6 Å². The van der Waals surface area contributed by atoms with Gasteiger partial charge < -0.3 is 4.90 Å². The Kier molecular flexibility index (Phi) is 4.15. The number of alkyl halides is 2. The first kappa shape index (κ1) is 18.8. The Bertz CT molecular complexity index is 1010. The molecule has 0 unspecified atom stereocenters. The molecule has 27 heavy (non-hydrogen) atoms. The van der Waals surface area contributed by atoms with Gasteiger partial charge in [-0.05, 0) is 31.4 Å². The van der Waals surface area contributed by atoms with Crippen LogP contribution in [0.25, 0.3) is 5.52 Å². The molecular formula is C15H19ClF2N6O2S. The Balaban J connectivity index is 1.58. The van der Waals surface area contributed by atoms with Gasteiger partial charge in [-0.15, -0.1) is 5.10 Å². The lowest BCUT2D eigenvalue weighted by atomic mass is 9.60. The van der Waals surface area contributed by atoms with E-state index in [0.717, 1.165) is 5.56 Å². The molecule has 0 atom stereocenters. The van der Waals surface area contributed by atoms with Crippen molar-refractivity contribution in [2.75, 3.05) is 25.0 Å². The molecule has 1 saturated heterocycles. The monoisotopic (exact) mass is 420 g/mol. The third kappa shape index (κ3) is 2.96. The minimum absolute atomic E-state index is 0.0408. The van der Waals surface area contributed by atoms with Gasteiger partial charge in [0.05, 0.1) is 0 Å². The van der Waals surface area contributed by atoms with E-state index in [1.165, 1.54) is 15.9 Å². The molecule has 0 radical (unpaired) electrons. The zero-order chi connectivity index (χ0) is 19.7. The van der Waals surface area contributed by atoms with Crippen LogP contribution in [0.4, 0.5) is 14.6 Å². The quantitative estimate of drug-likeness (QED) is 0.812. The van der Waals surface area contributed by atoms with Crippen molar-refractivity contribution >= 4 is 33.1 Å².